The van der Waals surface area contributed by atoms with E-state index in [-0.39, 0.29) is 0 Å². The fraction of sp³-hybridized carbons (Fsp3) is 0.667. The summed E-state index contributed by atoms with van der Waals surface area (Å²) in [5, 5.41) is 0. The average Bonchev–Trinajstić information content (AvgIpc) is 2.81. The number of nitrogens with zero attached hydrogens (tertiary/aromatic N) is 2. The maximum atomic E-state index is 12.9. The number of allylic oxidation sites excluding steroid dienone is 2. The van der Waals surface area contributed by atoms with Crippen LogP contribution in [0.3, 0.4) is 0 Å². The zero-order chi connectivity index (χ0) is 18.9. The van der Waals surface area contributed by atoms with Crippen molar-refractivity contribution < 1.29 is 17.9 Å². The monoisotopic (exact) mass is 372 g/mol. The van der Waals surface area contributed by atoms with Crippen molar-refractivity contribution in [1.82, 2.24) is 9.21 Å². The first-order chi connectivity index (χ1) is 11.9. The minimum Gasteiger partial charge on any atom is -0.491 e. The molecule has 2 heterocycles. The summed E-state index contributed by atoms with van der Waals surface area (Å²) < 4.78 is 38.3. The van der Waals surface area contributed by atoms with Gasteiger partial charge in [-0.2, -0.15) is 4.31 Å². The summed E-state index contributed by atoms with van der Waals surface area (Å²) in [6.07, 6.45) is 4.02. The molecule has 6 nitrogen and oxygen atoms in total. The van der Waals surface area contributed by atoms with Gasteiger partial charge in [0.05, 0.1) is 18.1 Å². The Morgan fingerprint density at radius 2 is 1.84 bits per heavy atom. The Labute approximate surface area is 152 Å². The Bertz CT molecular complexity index is 588. The molecule has 0 atom stereocenters. The van der Waals surface area contributed by atoms with Gasteiger partial charge >= 0.3 is 0 Å². The van der Waals surface area contributed by atoms with Crippen molar-refractivity contribution in [3.63, 3.8) is 0 Å². The Kier molecular flexibility index (Phi) is 9.42. The van der Waals surface area contributed by atoms with Crippen LogP contribution in [0.15, 0.2) is 35.0 Å². The number of likely N-dealkylation sites (N-methyl/N-ethyl adjacent to an activating group) is 1. The molecule has 144 valence electrons. The summed E-state index contributed by atoms with van der Waals surface area (Å²) in [6.45, 7) is 13.5. The second-order valence-electron chi connectivity index (χ2n) is 5.72. The second-order valence-corrected chi connectivity index (χ2v) is 7.65. The fourth-order valence-electron chi connectivity index (χ4n) is 2.49. The molecular formula is C18H32N2O4S. The van der Waals surface area contributed by atoms with Gasteiger partial charge in [0.15, 0.2) is 0 Å². The smallest absolute Gasteiger partial charge is 0.242 e. The van der Waals surface area contributed by atoms with E-state index in [9.17, 15) is 8.42 Å². The SMILES string of the molecule is C=C1OCCOC/C1=C/C(=C\CC)S(=O)(=O)N1CCN(C)CC1.CC. The van der Waals surface area contributed by atoms with Gasteiger partial charge in [-0.15, -0.1) is 0 Å². The third kappa shape index (κ3) is 6.26. The molecule has 0 N–H and O–H groups in total. The third-order valence-electron chi connectivity index (χ3n) is 3.94. The van der Waals surface area contributed by atoms with Gasteiger partial charge in [0.1, 0.15) is 12.4 Å². The molecule has 2 rings (SSSR count). The lowest BCUT2D eigenvalue weighted by atomic mass is 10.2. The number of ether oxygens (including phenoxy) is 2. The van der Waals surface area contributed by atoms with Gasteiger partial charge in [-0.25, -0.2) is 8.42 Å². The first kappa shape index (κ1) is 21.9. The number of rotatable bonds is 4. The number of hydrogen-bond acceptors (Lipinski definition) is 5. The van der Waals surface area contributed by atoms with Crippen molar-refractivity contribution in [3.05, 3.63) is 35.0 Å². The molecule has 0 spiro atoms. The van der Waals surface area contributed by atoms with E-state index in [1.54, 1.807) is 16.5 Å². The van der Waals surface area contributed by atoms with E-state index in [1.165, 1.54) is 0 Å². The van der Waals surface area contributed by atoms with Crippen molar-refractivity contribution in [1.29, 1.82) is 0 Å². The molecule has 7 heteroatoms. The lowest BCUT2D eigenvalue weighted by molar-refractivity contribution is 0.120. The molecule has 0 amide bonds. The molecule has 2 aliphatic rings. The van der Waals surface area contributed by atoms with Crippen LogP contribution in [0.5, 0.6) is 0 Å². The van der Waals surface area contributed by atoms with Crippen LogP contribution in [-0.2, 0) is 19.5 Å². The summed E-state index contributed by atoms with van der Waals surface area (Å²) in [7, 11) is -1.51. The minimum atomic E-state index is -3.51. The van der Waals surface area contributed by atoms with Gasteiger partial charge in [-0.3, -0.25) is 0 Å². The Morgan fingerprint density at radius 3 is 2.44 bits per heavy atom. The van der Waals surface area contributed by atoms with E-state index in [1.807, 2.05) is 27.8 Å². The molecule has 0 aromatic rings. The maximum Gasteiger partial charge on any atom is 0.242 e. The van der Waals surface area contributed by atoms with Crippen LogP contribution in [0.1, 0.15) is 27.2 Å². The van der Waals surface area contributed by atoms with Gasteiger partial charge < -0.3 is 14.4 Å². The number of hydrogen-bond donors (Lipinski definition) is 0. The highest BCUT2D eigenvalue weighted by Gasteiger charge is 2.28. The highest BCUT2D eigenvalue weighted by atomic mass is 32.2. The number of sulfonamides is 1. The number of piperazine rings is 1. The Balaban J connectivity index is 0.00000151. The average molecular weight is 373 g/mol. The fourth-order valence-corrected chi connectivity index (χ4v) is 4.10. The van der Waals surface area contributed by atoms with Crippen LogP contribution in [-0.4, -0.2) is 70.7 Å². The van der Waals surface area contributed by atoms with Crippen LogP contribution in [0.2, 0.25) is 0 Å². The van der Waals surface area contributed by atoms with E-state index >= 15 is 0 Å². The molecule has 0 radical (unpaired) electrons. The summed E-state index contributed by atoms with van der Waals surface area (Å²) in [4.78, 5) is 2.43. The summed E-state index contributed by atoms with van der Waals surface area (Å²) in [5.41, 5.74) is 0.680. The van der Waals surface area contributed by atoms with Crippen molar-refractivity contribution >= 4 is 10.0 Å². The summed E-state index contributed by atoms with van der Waals surface area (Å²) in [6, 6.07) is 0. The lowest BCUT2D eigenvalue weighted by Gasteiger charge is -2.31. The second kappa shape index (κ2) is 10.8. The molecule has 0 bridgehead atoms. The summed E-state index contributed by atoms with van der Waals surface area (Å²) in [5.74, 6) is 0.484. The third-order valence-corrected chi connectivity index (χ3v) is 5.87. The zero-order valence-corrected chi connectivity index (χ0v) is 16.8. The molecule has 0 aromatic heterocycles. The zero-order valence-electron chi connectivity index (χ0n) is 16.0. The Hall–Kier alpha value is -1.15. The van der Waals surface area contributed by atoms with Crippen LogP contribution >= 0.6 is 0 Å². The van der Waals surface area contributed by atoms with Crippen molar-refractivity contribution in [2.24, 2.45) is 0 Å². The predicted octanol–water partition coefficient (Wildman–Crippen LogP) is 2.37. The van der Waals surface area contributed by atoms with Gasteiger partial charge in [0.25, 0.3) is 0 Å². The maximum absolute atomic E-state index is 12.9. The van der Waals surface area contributed by atoms with Crippen LogP contribution in [0.25, 0.3) is 0 Å². The molecule has 0 aromatic carbocycles. The molecule has 2 aliphatic heterocycles. The molecular weight excluding hydrogens is 340 g/mol. The van der Waals surface area contributed by atoms with Crippen molar-refractivity contribution in [2.45, 2.75) is 27.2 Å². The van der Waals surface area contributed by atoms with Gasteiger partial charge in [-0.05, 0) is 19.5 Å². The van der Waals surface area contributed by atoms with Crippen LogP contribution in [0.4, 0.5) is 0 Å². The standard InChI is InChI=1S/C16H26N2O4S.C2H6/c1-4-5-16(12-15-13-21-10-11-22-14(15)2)23(19,20)18-8-6-17(3)7-9-18;1-2/h5,12H,2,4,6-11,13H2,1,3H3;1-2H3/b15-12-,16-5+;. The quantitative estimate of drug-likeness (QED) is 0.758. The normalized spacial score (nSPS) is 22.8. The lowest BCUT2D eigenvalue weighted by Crippen LogP contribution is -2.47. The van der Waals surface area contributed by atoms with Gasteiger partial charge in [-0.1, -0.05) is 33.4 Å². The van der Waals surface area contributed by atoms with Crippen molar-refractivity contribution in [2.75, 3.05) is 53.0 Å². The van der Waals surface area contributed by atoms with E-state index in [4.69, 9.17) is 9.47 Å². The highest BCUT2D eigenvalue weighted by Crippen LogP contribution is 2.22. The van der Waals surface area contributed by atoms with Gasteiger partial charge in [0, 0.05) is 31.8 Å². The molecule has 0 aliphatic carbocycles. The highest BCUT2D eigenvalue weighted by molar-refractivity contribution is 7.93. The molecule has 0 saturated carbocycles. The molecule has 2 saturated heterocycles. The summed E-state index contributed by atoms with van der Waals surface area (Å²) >= 11 is 0. The first-order valence-corrected chi connectivity index (χ1v) is 10.4. The topological polar surface area (TPSA) is 59.1 Å². The van der Waals surface area contributed by atoms with Crippen molar-refractivity contribution in [3.8, 4) is 0 Å². The van der Waals surface area contributed by atoms with Crippen LogP contribution in [0, 0.1) is 0 Å². The first-order valence-electron chi connectivity index (χ1n) is 8.94. The van der Waals surface area contributed by atoms with E-state index < -0.39 is 10.0 Å². The van der Waals surface area contributed by atoms with E-state index in [0.29, 0.717) is 55.6 Å². The molecule has 0 unspecified atom stereocenters. The van der Waals surface area contributed by atoms with Crippen LogP contribution < -0.4 is 0 Å². The Morgan fingerprint density at radius 1 is 1.20 bits per heavy atom. The molecule has 25 heavy (non-hydrogen) atoms. The minimum absolute atomic E-state index is 0.301. The molecule has 2 fully saturated rings. The van der Waals surface area contributed by atoms with E-state index in [2.05, 4.69) is 11.5 Å². The van der Waals surface area contributed by atoms with E-state index in [0.717, 1.165) is 13.1 Å². The predicted molar refractivity (Wildman–Crippen MR) is 102 cm³/mol. The van der Waals surface area contributed by atoms with Gasteiger partial charge in [0.2, 0.25) is 10.0 Å². The largest absolute Gasteiger partial charge is 0.491 e.